The molecule has 0 saturated carbocycles. The molecule has 6 nitrogen and oxygen atoms in total. The van der Waals surface area contributed by atoms with Crippen molar-refractivity contribution in [3.8, 4) is 5.75 Å². The van der Waals surface area contributed by atoms with E-state index in [2.05, 4.69) is 4.98 Å². The van der Waals surface area contributed by atoms with Crippen LogP contribution in [0.5, 0.6) is 5.75 Å². The molecule has 1 amide bonds. The van der Waals surface area contributed by atoms with Crippen molar-refractivity contribution >= 4 is 51.6 Å². The lowest BCUT2D eigenvalue weighted by Crippen LogP contribution is -2.36. The van der Waals surface area contributed by atoms with Gasteiger partial charge in [-0.25, -0.2) is 4.98 Å². The van der Waals surface area contributed by atoms with E-state index in [0.717, 1.165) is 0 Å². The van der Waals surface area contributed by atoms with Crippen LogP contribution >= 0.6 is 34.8 Å². The predicted molar refractivity (Wildman–Crippen MR) is 111 cm³/mol. The molecule has 2 aromatic carbocycles. The van der Waals surface area contributed by atoms with Crippen LogP contribution in [0.4, 0.5) is 0 Å². The minimum absolute atomic E-state index is 0.149. The normalized spacial score (nSPS) is 10.9. The van der Waals surface area contributed by atoms with Crippen LogP contribution in [0.1, 0.15) is 0 Å². The maximum Gasteiger partial charge on any atom is 0.261 e. The number of likely N-dealkylation sites (N-methyl/N-ethyl adjacent to an activating group) is 1. The summed E-state index contributed by atoms with van der Waals surface area (Å²) in [7, 11) is 1.64. The highest BCUT2D eigenvalue weighted by Crippen LogP contribution is 2.24. The maximum atomic E-state index is 12.6. The van der Waals surface area contributed by atoms with E-state index in [4.69, 9.17) is 39.5 Å². The lowest BCUT2D eigenvalue weighted by molar-refractivity contribution is -0.130. The number of fused-ring (bicyclic) bond motifs is 1. The second-order valence-corrected chi connectivity index (χ2v) is 7.36. The molecule has 0 fully saturated rings. The number of carbonyl (C=O) groups is 1. The Morgan fingerprint density at radius 2 is 1.86 bits per heavy atom. The average Bonchev–Trinajstić information content (AvgIpc) is 2.65. The van der Waals surface area contributed by atoms with Crippen molar-refractivity contribution in [2.45, 2.75) is 6.54 Å². The van der Waals surface area contributed by atoms with Crippen LogP contribution in [0.25, 0.3) is 10.9 Å². The van der Waals surface area contributed by atoms with Crippen LogP contribution in [0, 0.1) is 0 Å². The van der Waals surface area contributed by atoms with E-state index in [1.807, 2.05) is 0 Å². The van der Waals surface area contributed by atoms with Gasteiger partial charge in [0.05, 0.1) is 28.8 Å². The van der Waals surface area contributed by atoms with Crippen LogP contribution in [0.15, 0.2) is 47.5 Å². The lowest BCUT2D eigenvalue weighted by atomic mass is 10.2. The summed E-state index contributed by atoms with van der Waals surface area (Å²) in [5, 5.41) is 1.50. The van der Waals surface area contributed by atoms with Gasteiger partial charge in [-0.15, -0.1) is 0 Å². The molecule has 0 aliphatic rings. The summed E-state index contributed by atoms with van der Waals surface area (Å²) < 4.78 is 6.81. The molecule has 0 unspecified atom stereocenters. The molecule has 146 valence electrons. The van der Waals surface area contributed by atoms with Gasteiger partial charge in [0.15, 0.2) is 0 Å². The SMILES string of the molecule is CN(CCOc1ccc(Cl)cc1)C(=O)Cn1cnc2c(Cl)cc(Cl)cc2c1=O. The quantitative estimate of drug-likeness (QED) is 0.583. The highest BCUT2D eigenvalue weighted by atomic mass is 35.5. The van der Waals surface area contributed by atoms with Crippen molar-refractivity contribution < 1.29 is 9.53 Å². The van der Waals surface area contributed by atoms with Crippen molar-refractivity contribution in [2.24, 2.45) is 0 Å². The molecular weight excluding hydrogens is 425 g/mol. The minimum Gasteiger partial charge on any atom is -0.492 e. The Bertz CT molecular complexity index is 1070. The standard InChI is InChI=1S/C19H16Cl3N3O3/c1-24(6-7-28-14-4-2-12(20)3-5-14)17(26)10-25-11-23-18-15(19(25)27)8-13(21)9-16(18)22/h2-5,8-9,11H,6-7,10H2,1H3. The molecule has 3 rings (SSSR count). The third kappa shape index (κ3) is 4.76. The number of ether oxygens (including phenoxy) is 1. The summed E-state index contributed by atoms with van der Waals surface area (Å²) in [5.74, 6) is 0.407. The zero-order valence-electron chi connectivity index (χ0n) is 14.9. The van der Waals surface area contributed by atoms with Gasteiger partial charge in [-0.2, -0.15) is 0 Å². The highest BCUT2D eigenvalue weighted by molar-refractivity contribution is 6.38. The predicted octanol–water partition coefficient (Wildman–Crippen LogP) is 3.89. The molecule has 0 aliphatic heterocycles. The second kappa shape index (κ2) is 8.82. The first-order valence-corrected chi connectivity index (χ1v) is 9.45. The Kier molecular flexibility index (Phi) is 6.44. The summed E-state index contributed by atoms with van der Waals surface area (Å²) >= 11 is 17.9. The van der Waals surface area contributed by atoms with Gasteiger partial charge in [-0.1, -0.05) is 34.8 Å². The molecular formula is C19H16Cl3N3O3. The molecule has 1 heterocycles. The average molecular weight is 441 g/mol. The fourth-order valence-electron chi connectivity index (χ4n) is 2.53. The molecule has 0 bridgehead atoms. The van der Waals surface area contributed by atoms with Gasteiger partial charge in [0.25, 0.3) is 5.56 Å². The summed E-state index contributed by atoms with van der Waals surface area (Å²) in [5.41, 5.74) is -0.0296. The number of hydrogen-bond acceptors (Lipinski definition) is 4. The first-order valence-electron chi connectivity index (χ1n) is 8.31. The molecule has 3 aromatic rings. The van der Waals surface area contributed by atoms with E-state index in [-0.39, 0.29) is 28.4 Å². The molecule has 0 spiro atoms. The van der Waals surface area contributed by atoms with Gasteiger partial charge in [-0.3, -0.25) is 14.2 Å². The van der Waals surface area contributed by atoms with Crippen LogP contribution < -0.4 is 10.3 Å². The molecule has 1 aromatic heterocycles. The largest absolute Gasteiger partial charge is 0.492 e. The molecule has 0 saturated heterocycles. The topological polar surface area (TPSA) is 64.4 Å². The zero-order valence-corrected chi connectivity index (χ0v) is 17.1. The van der Waals surface area contributed by atoms with Crippen molar-refractivity contribution in [1.29, 1.82) is 0 Å². The summed E-state index contributed by atoms with van der Waals surface area (Å²) in [4.78, 5) is 30.7. The van der Waals surface area contributed by atoms with Crippen molar-refractivity contribution in [1.82, 2.24) is 14.5 Å². The highest BCUT2D eigenvalue weighted by Gasteiger charge is 2.14. The van der Waals surface area contributed by atoms with Gasteiger partial charge in [0.2, 0.25) is 5.91 Å². The smallest absolute Gasteiger partial charge is 0.261 e. The molecule has 0 aliphatic carbocycles. The van der Waals surface area contributed by atoms with E-state index >= 15 is 0 Å². The van der Waals surface area contributed by atoms with Crippen molar-refractivity contribution in [2.75, 3.05) is 20.2 Å². The Morgan fingerprint density at radius 3 is 2.57 bits per heavy atom. The minimum atomic E-state index is -0.381. The first kappa shape index (κ1) is 20.5. The van der Waals surface area contributed by atoms with Crippen LogP contribution in [-0.4, -0.2) is 40.6 Å². The molecule has 9 heteroatoms. The van der Waals surface area contributed by atoms with Gasteiger partial charge in [0.1, 0.15) is 18.9 Å². The zero-order chi connectivity index (χ0) is 20.3. The Morgan fingerprint density at radius 1 is 1.14 bits per heavy atom. The van der Waals surface area contributed by atoms with Crippen molar-refractivity contribution in [3.63, 3.8) is 0 Å². The van der Waals surface area contributed by atoms with Crippen molar-refractivity contribution in [3.05, 3.63) is 68.1 Å². The number of amides is 1. The third-order valence-electron chi connectivity index (χ3n) is 4.09. The Labute approximate surface area is 176 Å². The van der Waals surface area contributed by atoms with Gasteiger partial charge >= 0.3 is 0 Å². The first-order chi connectivity index (χ1) is 13.3. The number of rotatable bonds is 6. The number of carbonyl (C=O) groups excluding carboxylic acids is 1. The summed E-state index contributed by atoms with van der Waals surface area (Å²) in [6.45, 7) is 0.512. The number of hydrogen-bond donors (Lipinski definition) is 0. The monoisotopic (exact) mass is 439 g/mol. The van der Waals surface area contributed by atoms with Crippen LogP contribution in [0.2, 0.25) is 15.1 Å². The number of aromatic nitrogens is 2. The van der Waals surface area contributed by atoms with E-state index in [0.29, 0.717) is 34.5 Å². The van der Waals surface area contributed by atoms with E-state index < -0.39 is 0 Å². The fraction of sp³-hybridized carbons (Fsp3) is 0.211. The summed E-state index contributed by atoms with van der Waals surface area (Å²) in [6.07, 6.45) is 1.31. The van der Waals surface area contributed by atoms with Gasteiger partial charge in [0, 0.05) is 17.1 Å². The van der Waals surface area contributed by atoms with Gasteiger partial charge < -0.3 is 9.64 Å². The number of benzene rings is 2. The molecule has 28 heavy (non-hydrogen) atoms. The molecule has 0 radical (unpaired) electrons. The summed E-state index contributed by atoms with van der Waals surface area (Å²) in [6, 6.07) is 9.96. The number of nitrogens with zero attached hydrogens (tertiary/aromatic N) is 3. The second-order valence-electron chi connectivity index (χ2n) is 6.08. The lowest BCUT2D eigenvalue weighted by Gasteiger charge is -2.18. The van der Waals surface area contributed by atoms with E-state index in [9.17, 15) is 9.59 Å². The Balaban J connectivity index is 1.64. The van der Waals surface area contributed by atoms with Crippen LogP contribution in [-0.2, 0) is 11.3 Å². The van der Waals surface area contributed by atoms with Gasteiger partial charge in [-0.05, 0) is 36.4 Å². The number of halogens is 3. The third-order valence-corrected chi connectivity index (χ3v) is 4.84. The van der Waals surface area contributed by atoms with E-state index in [1.165, 1.54) is 27.9 Å². The fourth-order valence-corrected chi connectivity index (χ4v) is 3.20. The van der Waals surface area contributed by atoms with E-state index in [1.54, 1.807) is 31.3 Å². The Hall–Kier alpha value is -2.28. The molecule has 0 N–H and O–H groups in total. The van der Waals surface area contributed by atoms with Crippen LogP contribution in [0.3, 0.4) is 0 Å². The molecule has 0 atom stereocenters. The maximum absolute atomic E-state index is 12.6.